The Balaban J connectivity index is 1.25. The first kappa shape index (κ1) is 22.1. The number of anilines is 2. The van der Waals surface area contributed by atoms with Gasteiger partial charge in [-0.15, -0.1) is 0 Å². The van der Waals surface area contributed by atoms with Crippen molar-refractivity contribution < 1.29 is 4.79 Å². The molecule has 5 nitrogen and oxygen atoms in total. The number of hydrogen-bond acceptors (Lipinski definition) is 4. The van der Waals surface area contributed by atoms with Gasteiger partial charge in [-0.05, 0) is 61.2 Å². The maximum Gasteiger partial charge on any atom is 0.251 e. The number of carbonyl (C=O) groups is 1. The number of aromatic nitrogens is 1. The van der Waals surface area contributed by atoms with E-state index >= 15 is 0 Å². The van der Waals surface area contributed by atoms with Gasteiger partial charge in [0, 0.05) is 54.2 Å². The van der Waals surface area contributed by atoms with Crippen LogP contribution in [0.3, 0.4) is 0 Å². The highest BCUT2D eigenvalue weighted by Crippen LogP contribution is 2.27. The van der Waals surface area contributed by atoms with E-state index in [0.29, 0.717) is 12.1 Å². The molecule has 1 amide bonds. The summed E-state index contributed by atoms with van der Waals surface area (Å²) in [6, 6.07) is 24.7. The average molecular weight is 451 g/mol. The Bertz CT molecular complexity index is 1350. The molecule has 3 aromatic carbocycles. The van der Waals surface area contributed by atoms with Crippen LogP contribution in [0.15, 0.2) is 72.8 Å². The van der Waals surface area contributed by atoms with Gasteiger partial charge in [0.25, 0.3) is 5.91 Å². The van der Waals surface area contributed by atoms with Crippen molar-refractivity contribution >= 4 is 28.2 Å². The van der Waals surface area contributed by atoms with Crippen LogP contribution in [0, 0.1) is 13.8 Å². The summed E-state index contributed by atoms with van der Waals surface area (Å²) in [5, 5.41) is 7.68. The van der Waals surface area contributed by atoms with Crippen molar-refractivity contribution in [2.24, 2.45) is 0 Å². The van der Waals surface area contributed by atoms with Crippen molar-refractivity contribution in [3.05, 3.63) is 101 Å². The van der Waals surface area contributed by atoms with Gasteiger partial charge in [-0.1, -0.05) is 48.5 Å². The molecule has 34 heavy (non-hydrogen) atoms. The minimum Gasteiger partial charge on any atom is -0.355 e. The van der Waals surface area contributed by atoms with Gasteiger partial charge in [0.15, 0.2) is 0 Å². The van der Waals surface area contributed by atoms with Gasteiger partial charge >= 0.3 is 0 Å². The first-order chi connectivity index (χ1) is 16.6. The van der Waals surface area contributed by atoms with Crippen molar-refractivity contribution in [1.82, 2.24) is 15.2 Å². The molecular formula is C29H30N4O. The van der Waals surface area contributed by atoms with Gasteiger partial charge in [-0.25, -0.2) is 0 Å². The number of benzene rings is 3. The van der Waals surface area contributed by atoms with E-state index in [1.807, 2.05) is 56.3 Å². The molecule has 0 spiro atoms. The molecule has 5 heteroatoms. The highest BCUT2D eigenvalue weighted by molar-refractivity contribution is 5.98. The summed E-state index contributed by atoms with van der Waals surface area (Å²) in [7, 11) is 0. The van der Waals surface area contributed by atoms with Gasteiger partial charge in [-0.2, -0.15) is 0 Å². The van der Waals surface area contributed by atoms with E-state index in [9.17, 15) is 4.79 Å². The van der Waals surface area contributed by atoms with Crippen molar-refractivity contribution in [2.75, 3.05) is 25.0 Å². The highest BCUT2D eigenvalue weighted by atomic mass is 16.1. The molecule has 0 aliphatic carbocycles. The smallest absolute Gasteiger partial charge is 0.251 e. The Labute approximate surface area is 200 Å². The zero-order valence-electron chi connectivity index (χ0n) is 19.8. The van der Waals surface area contributed by atoms with E-state index in [1.54, 1.807) is 0 Å². The predicted molar refractivity (Wildman–Crippen MR) is 139 cm³/mol. The Kier molecular flexibility index (Phi) is 6.28. The third-order valence-corrected chi connectivity index (χ3v) is 6.53. The van der Waals surface area contributed by atoms with Crippen LogP contribution in [0.4, 0.5) is 11.4 Å². The van der Waals surface area contributed by atoms with Gasteiger partial charge in [0.2, 0.25) is 0 Å². The SMILES string of the molecule is Cc1cc(Nc2ccc(C)c(C(=O)NCCN3CCc4ccccc4C3)c2)c2ccccc2n1. The number of amides is 1. The molecule has 5 rings (SSSR count). The Morgan fingerprint density at radius 2 is 1.76 bits per heavy atom. The van der Waals surface area contributed by atoms with E-state index in [-0.39, 0.29) is 5.91 Å². The molecular weight excluding hydrogens is 420 g/mol. The number of rotatable bonds is 6. The highest BCUT2D eigenvalue weighted by Gasteiger charge is 2.16. The fraction of sp³-hybridized carbons (Fsp3) is 0.241. The molecule has 0 fully saturated rings. The van der Waals surface area contributed by atoms with Crippen molar-refractivity contribution in [3.8, 4) is 0 Å². The van der Waals surface area contributed by atoms with E-state index in [0.717, 1.165) is 59.6 Å². The molecule has 2 heterocycles. The van der Waals surface area contributed by atoms with E-state index in [4.69, 9.17) is 0 Å². The van der Waals surface area contributed by atoms with E-state index in [2.05, 4.69) is 50.8 Å². The van der Waals surface area contributed by atoms with Gasteiger partial charge in [0.05, 0.1) is 5.52 Å². The van der Waals surface area contributed by atoms with Crippen molar-refractivity contribution in [3.63, 3.8) is 0 Å². The van der Waals surface area contributed by atoms with Crippen LogP contribution in [0.2, 0.25) is 0 Å². The minimum atomic E-state index is -0.0330. The summed E-state index contributed by atoms with van der Waals surface area (Å²) in [6.07, 6.45) is 1.07. The Hall–Kier alpha value is -3.70. The second-order valence-corrected chi connectivity index (χ2v) is 9.03. The van der Waals surface area contributed by atoms with Gasteiger partial charge in [0.1, 0.15) is 0 Å². The van der Waals surface area contributed by atoms with Crippen LogP contribution in [0.1, 0.15) is 32.7 Å². The average Bonchev–Trinajstić information content (AvgIpc) is 2.85. The lowest BCUT2D eigenvalue weighted by Gasteiger charge is -2.28. The number of para-hydroxylation sites is 1. The zero-order chi connectivity index (χ0) is 23.5. The second kappa shape index (κ2) is 9.65. The van der Waals surface area contributed by atoms with Crippen LogP contribution in [-0.4, -0.2) is 35.4 Å². The third kappa shape index (κ3) is 4.80. The zero-order valence-corrected chi connectivity index (χ0v) is 19.8. The summed E-state index contributed by atoms with van der Waals surface area (Å²) in [6.45, 7) is 7.43. The molecule has 1 aromatic heterocycles. The van der Waals surface area contributed by atoms with Crippen LogP contribution < -0.4 is 10.6 Å². The molecule has 1 aliphatic heterocycles. The summed E-state index contributed by atoms with van der Waals surface area (Å²) < 4.78 is 0. The van der Waals surface area contributed by atoms with Gasteiger partial charge < -0.3 is 10.6 Å². The lowest BCUT2D eigenvalue weighted by Crippen LogP contribution is -2.38. The second-order valence-electron chi connectivity index (χ2n) is 9.03. The van der Waals surface area contributed by atoms with Crippen LogP contribution in [0.5, 0.6) is 0 Å². The minimum absolute atomic E-state index is 0.0330. The monoisotopic (exact) mass is 450 g/mol. The number of carbonyl (C=O) groups excluding carboxylic acids is 1. The largest absolute Gasteiger partial charge is 0.355 e. The quantitative estimate of drug-likeness (QED) is 0.414. The molecule has 0 unspecified atom stereocenters. The van der Waals surface area contributed by atoms with Crippen molar-refractivity contribution in [1.29, 1.82) is 0 Å². The van der Waals surface area contributed by atoms with Crippen LogP contribution in [-0.2, 0) is 13.0 Å². The molecule has 0 atom stereocenters. The fourth-order valence-electron chi connectivity index (χ4n) is 4.68. The summed E-state index contributed by atoms with van der Waals surface area (Å²) in [5.41, 5.74) is 8.29. The lowest BCUT2D eigenvalue weighted by atomic mass is 10.00. The summed E-state index contributed by atoms with van der Waals surface area (Å²) >= 11 is 0. The maximum atomic E-state index is 13.0. The number of nitrogens with one attached hydrogen (secondary N) is 2. The lowest BCUT2D eigenvalue weighted by molar-refractivity contribution is 0.0946. The molecule has 4 aromatic rings. The van der Waals surface area contributed by atoms with E-state index < -0.39 is 0 Å². The molecule has 0 saturated heterocycles. The number of fused-ring (bicyclic) bond motifs is 2. The predicted octanol–water partition coefficient (Wildman–Crippen LogP) is 5.38. The Morgan fingerprint density at radius 3 is 2.65 bits per heavy atom. The molecule has 1 aliphatic rings. The number of pyridine rings is 1. The first-order valence-corrected chi connectivity index (χ1v) is 11.9. The molecule has 0 bridgehead atoms. The standard InChI is InChI=1S/C29H30N4O/c1-20-11-12-24(32-28-17-21(2)31-27-10-6-5-9-25(27)28)18-26(20)29(34)30-14-16-33-15-13-22-7-3-4-8-23(22)19-33/h3-12,17-18H,13-16,19H2,1-2H3,(H,30,34)(H,31,32). The van der Waals surface area contributed by atoms with Crippen LogP contribution >= 0.6 is 0 Å². The van der Waals surface area contributed by atoms with Crippen LogP contribution in [0.25, 0.3) is 10.9 Å². The summed E-state index contributed by atoms with van der Waals surface area (Å²) in [5.74, 6) is -0.0330. The normalized spacial score (nSPS) is 13.5. The molecule has 2 N–H and O–H groups in total. The number of hydrogen-bond donors (Lipinski definition) is 2. The molecule has 0 saturated carbocycles. The number of nitrogens with zero attached hydrogens (tertiary/aromatic N) is 2. The van der Waals surface area contributed by atoms with E-state index in [1.165, 1.54) is 11.1 Å². The first-order valence-electron chi connectivity index (χ1n) is 11.9. The maximum absolute atomic E-state index is 13.0. The number of aryl methyl sites for hydroxylation is 2. The molecule has 0 radical (unpaired) electrons. The molecule has 172 valence electrons. The summed E-state index contributed by atoms with van der Waals surface area (Å²) in [4.78, 5) is 20.0. The van der Waals surface area contributed by atoms with Gasteiger partial charge in [-0.3, -0.25) is 14.7 Å². The Morgan fingerprint density at radius 1 is 0.971 bits per heavy atom. The fourth-order valence-corrected chi connectivity index (χ4v) is 4.68. The van der Waals surface area contributed by atoms with Crippen molar-refractivity contribution in [2.45, 2.75) is 26.8 Å². The topological polar surface area (TPSA) is 57.3 Å². The third-order valence-electron chi connectivity index (χ3n) is 6.53.